The van der Waals surface area contributed by atoms with Crippen molar-refractivity contribution in [3.8, 4) is 5.69 Å². The Hall–Kier alpha value is -3.34. The van der Waals surface area contributed by atoms with Gasteiger partial charge < -0.3 is 19.5 Å². The molecule has 2 atom stereocenters. The maximum atomic E-state index is 11.4. The van der Waals surface area contributed by atoms with Crippen molar-refractivity contribution in [2.45, 2.75) is 18.5 Å². The lowest BCUT2D eigenvalue weighted by Crippen LogP contribution is -2.39. The first-order valence-electron chi connectivity index (χ1n) is 11.8. The van der Waals surface area contributed by atoms with Gasteiger partial charge in [0.25, 0.3) is 5.69 Å². The van der Waals surface area contributed by atoms with Gasteiger partial charge in [0, 0.05) is 56.4 Å². The molecule has 0 unspecified atom stereocenters. The molecule has 0 bridgehead atoms. The summed E-state index contributed by atoms with van der Waals surface area (Å²) in [4.78, 5) is 20.3. The third kappa shape index (κ3) is 5.04. The van der Waals surface area contributed by atoms with E-state index in [2.05, 4.69) is 26.2 Å². The summed E-state index contributed by atoms with van der Waals surface area (Å²) >= 11 is 5.81. The van der Waals surface area contributed by atoms with E-state index in [1.807, 2.05) is 41.1 Å². The van der Waals surface area contributed by atoms with Crippen LogP contribution in [0, 0.1) is 10.1 Å². The van der Waals surface area contributed by atoms with E-state index in [1.54, 1.807) is 18.3 Å². The van der Waals surface area contributed by atoms with E-state index in [0.717, 1.165) is 62.9 Å². The Kier molecular flexibility index (Phi) is 7.03. The van der Waals surface area contributed by atoms with Crippen molar-refractivity contribution in [3.63, 3.8) is 0 Å². The number of pyridine rings is 1. The van der Waals surface area contributed by atoms with Gasteiger partial charge >= 0.3 is 0 Å². The zero-order valence-corrected chi connectivity index (χ0v) is 20.1. The second kappa shape index (κ2) is 10.5. The summed E-state index contributed by atoms with van der Waals surface area (Å²) in [5.41, 5.74) is 2.71. The van der Waals surface area contributed by atoms with Crippen LogP contribution in [0.3, 0.4) is 0 Å². The van der Waals surface area contributed by atoms with Crippen LogP contribution >= 0.6 is 12.2 Å². The third-order valence-electron chi connectivity index (χ3n) is 6.58. The van der Waals surface area contributed by atoms with Crippen molar-refractivity contribution < 1.29 is 9.66 Å². The van der Waals surface area contributed by atoms with Gasteiger partial charge in [-0.05, 0) is 49.0 Å². The van der Waals surface area contributed by atoms with E-state index >= 15 is 0 Å². The summed E-state index contributed by atoms with van der Waals surface area (Å²) in [5.74, 6) is 0. The lowest BCUT2D eigenvalue weighted by Gasteiger charge is -2.31. The van der Waals surface area contributed by atoms with Gasteiger partial charge in [0.05, 0.1) is 41.6 Å². The van der Waals surface area contributed by atoms with Gasteiger partial charge in [-0.15, -0.1) is 0 Å². The van der Waals surface area contributed by atoms with Crippen LogP contribution in [0.4, 0.5) is 5.69 Å². The Balaban J connectivity index is 1.46. The number of hydrogen-bond acceptors (Lipinski definition) is 6. The Bertz CT molecular complexity index is 1180. The summed E-state index contributed by atoms with van der Waals surface area (Å²) in [7, 11) is 0. The fraction of sp³-hybridized carbons (Fsp3) is 0.360. The van der Waals surface area contributed by atoms with E-state index < -0.39 is 0 Å². The van der Waals surface area contributed by atoms with Crippen molar-refractivity contribution in [1.29, 1.82) is 0 Å². The van der Waals surface area contributed by atoms with Gasteiger partial charge in [0.1, 0.15) is 0 Å². The number of rotatable bonds is 8. The zero-order valence-electron chi connectivity index (χ0n) is 19.3. The van der Waals surface area contributed by atoms with E-state index in [0.29, 0.717) is 5.11 Å². The van der Waals surface area contributed by atoms with Crippen LogP contribution < -0.4 is 5.32 Å². The summed E-state index contributed by atoms with van der Waals surface area (Å²) in [6, 6.07) is 16.4. The molecule has 0 aliphatic carbocycles. The first-order valence-corrected chi connectivity index (χ1v) is 12.2. The molecule has 1 aromatic carbocycles. The average Bonchev–Trinajstić information content (AvgIpc) is 3.50. The number of morpholine rings is 1. The molecule has 1 N–H and O–H groups in total. The highest BCUT2D eigenvalue weighted by atomic mass is 32.1. The van der Waals surface area contributed by atoms with Gasteiger partial charge in [0.2, 0.25) is 0 Å². The Morgan fingerprint density at radius 1 is 1.11 bits per heavy atom. The molecule has 0 amide bonds. The number of non-ortho nitro benzene ring substituents is 1. The highest BCUT2D eigenvalue weighted by Gasteiger charge is 2.41. The molecule has 2 fully saturated rings. The number of benzene rings is 1. The van der Waals surface area contributed by atoms with Gasteiger partial charge in [-0.25, -0.2) is 0 Å². The molecule has 0 saturated carbocycles. The SMILES string of the molecule is O=[N+]([O-])c1cccc(-n2cccc2[C@H]2[C@H](c3ccccn3)NC(=S)N2CCCN2CCOCC2)c1. The summed E-state index contributed by atoms with van der Waals surface area (Å²) in [6.45, 7) is 5.25. The maximum Gasteiger partial charge on any atom is 0.271 e. The number of hydrogen-bond donors (Lipinski definition) is 1. The largest absolute Gasteiger partial charge is 0.379 e. The first-order chi connectivity index (χ1) is 17.1. The average molecular weight is 493 g/mol. The molecule has 182 valence electrons. The van der Waals surface area contributed by atoms with Crippen molar-refractivity contribution in [1.82, 2.24) is 24.7 Å². The quantitative estimate of drug-likeness (QED) is 0.291. The molecule has 2 aliphatic heterocycles. The van der Waals surface area contributed by atoms with E-state index in [1.165, 1.54) is 6.07 Å². The van der Waals surface area contributed by atoms with Crippen molar-refractivity contribution in [3.05, 3.63) is 88.5 Å². The summed E-state index contributed by atoms with van der Waals surface area (Å²) in [5, 5.41) is 15.6. The topological polar surface area (TPSA) is 88.7 Å². The van der Waals surface area contributed by atoms with Gasteiger partial charge in [-0.1, -0.05) is 12.1 Å². The van der Waals surface area contributed by atoms with Crippen LogP contribution in [0.2, 0.25) is 0 Å². The third-order valence-corrected chi connectivity index (χ3v) is 6.93. The van der Waals surface area contributed by atoms with Crippen LogP contribution in [0.1, 0.15) is 29.9 Å². The monoisotopic (exact) mass is 492 g/mol. The van der Waals surface area contributed by atoms with Crippen LogP contribution in [-0.4, -0.2) is 68.8 Å². The fourth-order valence-electron chi connectivity index (χ4n) is 4.88. The predicted molar refractivity (Wildman–Crippen MR) is 136 cm³/mol. The molecule has 2 aromatic heterocycles. The smallest absolute Gasteiger partial charge is 0.271 e. The van der Waals surface area contributed by atoms with E-state index in [-0.39, 0.29) is 22.7 Å². The second-order valence-electron chi connectivity index (χ2n) is 8.71. The number of nitrogens with one attached hydrogen (secondary N) is 1. The molecule has 10 heteroatoms. The molecule has 4 heterocycles. The Morgan fingerprint density at radius 2 is 1.97 bits per heavy atom. The minimum absolute atomic E-state index is 0.0610. The Morgan fingerprint density at radius 3 is 2.74 bits per heavy atom. The molecule has 0 spiro atoms. The van der Waals surface area contributed by atoms with Gasteiger partial charge in [-0.2, -0.15) is 0 Å². The van der Waals surface area contributed by atoms with Crippen molar-refractivity contribution in [2.75, 3.05) is 39.4 Å². The molecule has 2 aliphatic rings. The second-order valence-corrected chi connectivity index (χ2v) is 9.09. The van der Waals surface area contributed by atoms with Crippen LogP contribution in [-0.2, 0) is 4.74 Å². The van der Waals surface area contributed by atoms with Crippen molar-refractivity contribution in [2.24, 2.45) is 0 Å². The molecule has 35 heavy (non-hydrogen) atoms. The summed E-state index contributed by atoms with van der Waals surface area (Å²) in [6.07, 6.45) is 4.69. The number of aromatic nitrogens is 2. The van der Waals surface area contributed by atoms with E-state index in [4.69, 9.17) is 17.0 Å². The predicted octanol–water partition coefficient (Wildman–Crippen LogP) is 3.48. The molecule has 5 rings (SSSR count). The lowest BCUT2D eigenvalue weighted by molar-refractivity contribution is -0.384. The minimum Gasteiger partial charge on any atom is -0.379 e. The number of thiocarbonyl (C=S) groups is 1. The van der Waals surface area contributed by atoms with Crippen LogP contribution in [0.5, 0.6) is 0 Å². The summed E-state index contributed by atoms with van der Waals surface area (Å²) < 4.78 is 7.48. The number of nitro benzene ring substituents is 1. The number of nitrogens with zero attached hydrogens (tertiary/aromatic N) is 5. The number of nitro groups is 1. The molecular weight excluding hydrogens is 464 g/mol. The molecule has 3 aromatic rings. The lowest BCUT2D eigenvalue weighted by atomic mass is 10.0. The standard InChI is InChI=1S/C25H28N6O3S/c32-31(33)20-7-3-6-19(18-20)29-12-4-9-22(29)24-23(21-8-1-2-10-26-21)27-25(35)30(24)13-5-11-28-14-16-34-17-15-28/h1-4,6-10,12,18,23-24H,5,11,13-17H2,(H,27,35)/t23-,24-/m0/s1. The zero-order chi connectivity index (χ0) is 24.2. The van der Waals surface area contributed by atoms with Crippen LogP contribution in [0.25, 0.3) is 5.69 Å². The Labute approximate surface area is 209 Å². The molecule has 2 saturated heterocycles. The first kappa shape index (κ1) is 23.4. The molecular formula is C25H28N6O3S. The highest BCUT2D eigenvalue weighted by Crippen LogP contribution is 2.39. The normalized spacial score (nSPS) is 20.7. The van der Waals surface area contributed by atoms with Gasteiger partial charge in [0.15, 0.2) is 5.11 Å². The maximum absolute atomic E-state index is 11.4. The van der Waals surface area contributed by atoms with Crippen molar-refractivity contribution >= 4 is 23.0 Å². The highest BCUT2D eigenvalue weighted by molar-refractivity contribution is 7.80. The van der Waals surface area contributed by atoms with Gasteiger partial charge in [-0.3, -0.25) is 20.0 Å². The minimum atomic E-state index is -0.368. The molecule has 0 radical (unpaired) electrons. The van der Waals surface area contributed by atoms with E-state index in [9.17, 15) is 10.1 Å². The molecule has 9 nitrogen and oxygen atoms in total. The van der Waals surface area contributed by atoms with Crippen LogP contribution in [0.15, 0.2) is 67.0 Å². The fourth-order valence-corrected chi connectivity index (χ4v) is 5.22. The number of ether oxygens (including phenoxy) is 1.